The second kappa shape index (κ2) is 11.0. The number of likely N-dealkylation sites (N-methyl/N-ethyl adjacent to an activating group) is 1. The number of rotatable bonds is 12. The van der Waals surface area contributed by atoms with E-state index in [9.17, 15) is 4.79 Å². The van der Waals surface area contributed by atoms with Gasteiger partial charge in [-0.05, 0) is 58.7 Å². The van der Waals surface area contributed by atoms with Gasteiger partial charge < -0.3 is 15.0 Å². The Morgan fingerprint density at radius 2 is 1.90 bits per heavy atom. The number of hydrogen-bond acceptors (Lipinski definition) is 4. The highest BCUT2D eigenvalue weighted by molar-refractivity contribution is 5.80. The number of hydrogen-bond donors (Lipinski definition) is 1. The van der Waals surface area contributed by atoms with Crippen LogP contribution in [0.4, 0.5) is 0 Å². The smallest absolute Gasteiger partial charge is 0.326 e. The van der Waals surface area contributed by atoms with E-state index in [-0.39, 0.29) is 5.97 Å². The topological polar surface area (TPSA) is 41.6 Å². The van der Waals surface area contributed by atoms with Crippen LogP contribution in [0.25, 0.3) is 0 Å². The summed E-state index contributed by atoms with van der Waals surface area (Å²) in [6, 6.07) is 0. The zero-order valence-corrected chi connectivity index (χ0v) is 15.0. The molecule has 0 heterocycles. The molecule has 0 aromatic heterocycles. The molecule has 0 amide bonds. The minimum atomic E-state index is -0.542. The van der Waals surface area contributed by atoms with Gasteiger partial charge in [-0.2, -0.15) is 0 Å². The Bertz CT molecular complexity index is 282. The van der Waals surface area contributed by atoms with Crippen molar-refractivity contribution in [1.29, 1.82) is 0 Å². The summed E-state index contributed by atoms with van der Waals surface area (Å²) in [5.74, 6) is 0.581. The van der Waals surface area contributed by atoms with E-state index in [0.29, 0.717) is 12.5 Å². The highest BCUT2D eigenvalue weighted by Gasteiger charge is 2.32. The third-order valence-corrected chi connectivity index (χ3v) is 3.76. The van der Waals surface area contributed by atoms with Crippen LogP contribution in [0.2, 0.25) is 0 Å². The second-order valence-electron chi connectivity index (χ2n) is 6.33. The second-order valence-corrected chi connectivity index (χ2v) is 6.33. The molecule has 4 heteroatoms. The van der Waals surface area contributed by atoms with E-state index < -0.39 is 5.54 Å². The van der Waals surface area contributed by atoms with Crippen molar-refractivity contribution in [1.82, 2.24) is 10.2 Å². The summed E-state index contributed by atoms with van der Waals surface area (Å²) in [6.45, 7) is 17.1. The van der Waals surface area contributed by atoms with Crippen molar-refractivity contribution in [2.45, 2.75) is 66.3 Å². The number of nitrogens with one attached hydrogen (secondary N) is 1. The molecule has 0 rings (SSSR count). The average Bonchev–Trinajstić information content (AvgIpc) is 2.42. The van der Waals surface area contributed by atoms with Crippen molar-refractivity contribution in [2.75, 3.05) is 32.8 Å². The molecule has 0 saturated carbocycles. The van der Waals surface area contributed by atoms with Crippen LogP contribution in [0.1, 0.15) is 60.8 Å². The Morgan fingerprint density at radius 3 is 2.38 bits per heavy atom. The van der Waals surface area contributed by atoms with Gasteiger partial charge in [-0.3, -0.25) is 4.79 Å². The van der Waals surface area contributed by atoms with Gasteiger partial charge in [-0.1, -0.05) is 27.7 Å². The number of unbranched alkanes of at least 4 members (excludes halogenated alkanes) is 1. The SMILES string of the molecule is CCNC(C)(CCCCN(CC)CC(C)C)C(=O)OCC. The molecular weight excluding hydrogens is 264 g/mol. The van der Waals surface area contributed by atoms with Crippen molar-refractivity contribution >= 4 is 5.97 Å². The average molecular weight is 300 g/mol. The Labute approximate surface area is 131 Å². The molecule has 0 aliphatic rings. The van der Waals surface area contributed by atoms with Gasteiger partial charge in [-0.25, -0.2) is 0 Å². The van der Waals surface area contributed by atoms with Crippen molar-refractivity contribution in [3.63, 3.8) is 0 Å². The van der Waals surface area contributed by atoms with Crippen molar-refractivity contribution < 1.29 is 9.53 Å². The summed E-state index contributed by atoms with van der Waals surface area (Å²) in [5, 5.41) is 3.29. The Hall–Kier alpha value is -0.610. The molecule has 0 saturated heterocycles. The van der Waals surface area contributed by atoms with E-state index in [1.54, 1.807) is 0 Å². The Balaban J connectivity index is 4.22. The van der Waals surface area contributed by atoms with Crippen molar-refractivity contribution in [2.24, 2.45) is 5.92 Å². The summed E-state index contributed by atoms with van der Waals surface area (Å²) in [7, 11) is 0. The van der Waals surface area contributed by atoms with E-state index in [4.69, 9.17) is 4.74 Å². The third kappa shape index (κ3) is 8.42. The molecule has 0 aromatic rings. The standard InChI is InChI=1S/C17H36N2O2/c1-7-18-17(6,16(20)21-9-3)12-10-11-13-19(8-2)14-15(4)5/h15,18H,7-14H2,1-6H3. The Kier molecular flexibility index (Phi) is 10.7. The number of nitrogens with zero attached hydrogens (tertiary/aromatic N) is 1. The monoisotopic (exact) mass is 300 g/mol. The molecule has 21 heavy (non-hydrogen) atoms. The predicted octanol–water partition coefficient (Wildman–Crippen LogP) is 3.07. The predicted molar refractivity (Wildman–Crippen MR) is 89.5 cm³/mol. The molecule has 4 nitrogen and oxygen atoms in total. The maximum absolute atomic E-state index is 12.1. The Morgan fingerprint density at radius 1 is 1.24 bits per heavy atom. The van der Waals surface area contributed by atoms with Crippen LogP contribution in [0.5, 0.6) is 0 Å². The summed E-state index contributed by atoms with van der Waals surface area (Å²) in [6.07, 6.45) is 3.00. The van der Waals surface area contributed by atoms with Gasteiger partial charge in [0.2, 0.25) is 0 Å². The maximum atomic E-state index is 12.1. The molecule has 0 fully saturated rings. The fraction of sp³-hybridized carbons (Fsp3) is 0.941. The molecule has 1 atom stereocenters. The molecule has 0 spiro atoms. The molecule has 0 aliphatic heterocycles. The van der Waals surface area contributed by atoms with Crippen molar-refractivity contribution in [3.8, 4) is 0 Å². The lowest BCUT2D eigenvalue weighted by molar-refractivity contribution is -0.150. The van der Waals surface area contributed by atoms with Crippen LogP contribution in [-0.2, 0) is 9.53 Å². The first-order valence-electron chi connectivity index (χ1n) is 8.54. The lowest BCUT2D eigenvalue weighted by Gasteiger charge is -2.29. The van der Waals surface area contributed by atoms with Crippen LogP contribution in [-0.4, -0.2) is 49.2 Å². The molecule has 0 aromatic carbocycles. The van der Waals surface area contributed by atoms with Crippen LogP contribution in [0.15, 0.2) is 0 Å². The number of ether oxygens (including phenoxy) is 1. The van der Waals surface area contributed by atoms with Gasteiger partial charge in [0.25, 0.3) is 0 Å². The molecular formula is C17H36N2O2. The molecule has 1 N–H and O–H groups in total. The molecule has 0 radical (unpaired) electrons. The summed E-state index contributed by atoms with van der Waals surface area (Å²) in [4.78, 5) is 14.6. The van der Waals surface area contributed by atoms with Crippen LogP contribution in [0.3, 0.4) is 0 Å². The zero-order valence-electron chi connectivity index (χ0n) is 15.0. The fourth-order valence-electron chi connectivity index (χ4n) is 2.65. The quantitative estimate of drug-likeness (QED) is 0.444. The highest BCUT2D eigenvalue weighted by Crippen LogP contribution is 2.16. The van der Waals surface area contributed by atoms with E-state index in [1.807, 2.05) is 20.8 Å². The minimum Gasteiger partial charge on any atom is -0.465 e. The number of carbonyl (C=O) groups is 1. The van der Waals surface area contributed by atoms with Gasteiger partial charge in [0.05, 0.1) is 6.61 Å². The lowest BCUT2D eigenvalue weighted by Crippen LogP contribution is -2.50. The van der Waals surface area contributed by atoms with Gasteiger partial charge >= 0.3 is 5.97 Å². The van der Waals surface area contributed by atoms with Gasteiger partial charge in [0.1, 0.15) is 5.54 Å². The first-order chi connectivity index (χ1) is 9.89. The molecule has 0 bridgehead atoms. The first kappa shape index (κ1) is 20.4. The van der Waals surface area contributed by atoms with Crippen LogP contribution in [0, 0.1) is 5.92 Å². The molecule has 1 unspecified atom stereocenters. The third-order valence-electron chi connectivity index (χ3n) is 3.76. The van der Waals surface area contributed by atoms with E-state index in [1.165, 1.54) is 0 Å². The molecule has 126 valence electrons. The van der Waals surface area contributed by atoms with Gasteiger partial charge in [0, 0.05) is 6.54 Å². The first-order valence-corrected chi connectivity index (χ1v) is 8.54. The number of carbonyl (C=O) groups excluding carboxylic acids is 1. The summed E-state index contributed by atoms with van der Waals surface area (Å²) < 4.78 is 5.20. The highest BCUT2D eigenvalue weighted by atomic mass is 16.5. The van der Waals surface area contributed by atoms with Crippen LogP contribution >= 0.6 is 0 Å². The van der Waals surface area contributed by atoms with E-state index in [2.05, 4.69) is 31.0 Å². The van der Waals surface area contributed by atoms with Gasteiger partial charge in [0.15, 0.2) is 0 Å². The largest absolute Gasteiger partial charge is 0.465 e. The minimum absolute atomic E-state index is 0.124. The number of esters is 1. The fourth-order valence-corrected chi connectivity index (χ4v) is 2.65. The normalized spacial score (nSPS) is 14.5. The lowest BCUT2D eigenvalue weighted by atomic mass is 9.94. The van der Waals surface area contributed by atoms with E-state index in [0.717, 1.165) is 45.4 Å². The zero-order chi connectivity index (χ0) is 16.3. The van der Waals surface area contributed by atoms with Crippen molar-refractivity contribution in [3.05, 3.63) is 0 Å². The van der Waals surface area contributed by atoms with Gasteiger partial charge in [-0.15, -0.1) is 0 Å². The van der Waals surface area contributed by atoms with Crippen LogP contribution < -0.4 is 5.32 Å². The summed E-state index contributed by atoms with van der Waals surface area (Å²) >= 11 is 0. The molecule has 0 aliphatic carbocycles. The summed E-state index contributed by atoms with van der Waals surface area (Å²) in [5.41, 5.74) is -0.542. The maximum Gasteiger partial charge on any atom is 0.326 e. The van der Waals surface area contributed by atoms with E-state index >= 15 is 0 Å².